The quantitative estimate of drug-likeness (QED) is 0.621. The molecule has 0 aromatic rings. The van der Waals surface area contributed by atoms with Crippen molar-refractivity contribution in [1.82, 2.24) is 15.1 Å². The lowest BCUT2D eigenvalue weighted by Crippen LogP contribution is -2.51. The third-order valence-corrected chi connectivity index (χ3v) is 4.41. The zero-order valence-electron chi connectivity index (χ0n) is 12.7. The first-order valence-corrected chi connectivity index (χ1v) is 7.45. The summed E-state index contributed by atoms with van der Waals surface area (Å²) in [5.74, 6) is -0.258. The Labute approximate surface area is 117 Å². The Kier molecular flexibility index (Phi) is 6.75. The number of primary amides is 1. The molecule has 1 atom stereocenters. The number of carbonyl (C=O) groups excluding carboxylic acids is 1. The number of hydrogen-bond donors (Lipinski definition) is 2. The number of nitrogens with two attached hydrogens (primary N) is 1. The van der Waals surface area contributed by atoms with Crippen LogP contribution in [0.3, 0.4) is 0 Å². The zero-order valence-corrected chi connectivity index (χ0v) is 12.7. The average molecular weight is 270 g/mol. The van der Waals surface area contributed by atoms with E-state index in [1.165, 1.54) is 26.2 Å². The fourth-order valence-electron chi connectivity index (χ4n) is 2.51. The molecular weight excluding hydrogens is 240 g/mol. The van der Waals surface area contributed by atoms with Crippen molar-refractivity contribution >= 4 is 5.91 Å². The number of carbonyl (C=O) groups is 1. The third kappa shape index (κ3) is 5.09. The molecule has 0 spiro atoms. The molecule has 112 valence electrons. The van der Waals surface area contributed by atoms with Gasteiger partial charge in [-0.15, -0.1) is 0 Å². The summed E-state index contributed by atoms with van der Waals surface area (Å²) in [4.78, 5) is 16.4. The maximum Gasteiger partial charge on any atom is 0.237 e. The monoisotopic (exact) mass is 270 g/mol. The van der Waals surface area contributed by atoms with E-state index < -0.39 is 5.54 Å². The van der Waals surface area contributed by atoms with Gasteiger partial charge < -0.3 is 20.9 Å². The molecule has 1 rings (SSSR count). The van der Waals surface area contributed by atoms with E-state index in [2.05, 4.69) is 22.0 Å². The molecule has 0 aromatic carbocycles. The lowest BCUT2D eigenvalue weighted by atomic mass is 9.94. The minimum Gasteiger partial charge on any atom is -0.368 e. The second-order valence-electron chi connectivity index (χ2n) is 5.68. The number of rotatable bonds is 8. The fraction of sp³-hybridized carbons (Fsp3) is 0.929. The Hall–Kier alpha value is -0.650. The Bertz CT molecular complexity index is 277. The largest absolute Gasteiger partial charge is 0.368 e. The van der Waals surface area contributed by atoms with Crippen LogP contribution >= 0.6 is 0 Å². The van der Waals surface area contributed by atoms with Crippen molar-refractivity contribution in [2.45, 2.75) is 38.6 Å². The summed E-state index contributed by atoms with van der Waals surface area (Å²) in [6.07, 6.45) is 2.98. The molecule has 5 heteroatoms. The highest BCUT2D eigenvalue weighted by molar-refractivity contribution is 5.84. The van der Waals surface area contributed by atoms with Crippen LogP contribution in [0.2, 0.25) is 0 Å². The maximum absolute atomic E-state index is 11.4. The first-order valence-electron chi connectivity index (χ1n) is 7.45. The molecule has 1 amide bonds. The van der Waals surface area contributed by atoms with Crippen LogP contribution in [0.5, 0.6) is 0 Å². The summed E-state index contributed by atoms with van der Waals surface area (Å²) in [5.41, 5.74) is 4.87. The number of nitrogens with one attached hydrogen (secondary N) is 1. The van der Waals surface area contributed by atoms with Gasteiger partial charge in [-0.05, 0) is 46.3 Å². The van der Waals surface area contributed by atoms with Gasteiger partial charge in [-0.25, -0.2) is 0 Å². The highest BCUT2D eigenvalue weighted by Gasteiger charge is 2.28. The number of likely N-dealkylation sites (N-methyl/N-ethyl adjacent to an activating group) is 2. The van der Waals surface area contributed by atoms with Crippen molar-refractivity contribution in [3.8, 4) is 0 Å². The molecule has 1 fully saturated rings. The number of nitrogens with zero attached hydrogens (tertiary/aromatic N) is 2. The van der Waals surface area contributed by atoms with Gasteiger partial charge >= 0.3 is 0 Å². The van der Waals surface area contributed by atoms with Gasteiger partial charge in [0.05, 0.1) is 5.54 Å². The molecule has 5 nitrogen and oxygen atoms in total. The molecule has 1 unspecified atom stereocenters. The molecule has 1 aliphatic heterocycles. The van der Waals surface area contributed by atoms with Gasteiger partial charge in [0.2, 0.25) is 5.91 Å². The van der Waals surface area contributed by atoms with Crippen molar-refractivity contribution in [1.29, 1.82) is 0 Å². The van der Waals surface area contributed by atoms with E-state index in [4.69, 9.17) is 5.73 Å². The Morgan fingerprint density at radius 2 is 1.79 bits per heavy atom. The summed E-state index contributed by atoms with van der Waals surface area (Å²) in [7, 11) is 1.80. The summed E-state index contributed by atoms with van der Waals surface area (Å²) in [6, 6.07) is 0. The lowest BCUT2D eigenvalue weighted by molar-refractivity contribution is -0.123. The summed E-state index contributed by atoms with van der Waals surface area (Å²) in [5, 5.41) is 3.03. The van der Waals surface area contributed by atoms with Crippen LogP contribution in [0.15, 0.2) is 0 Å². The standard InChI is InChI=1S/C14H30N4O/c1-4-17-9-11-18(12-10-17)8-6-5-7-14(2,16-3)13(15)19/h16H,4-12H2,1-3H3,(H2,15,19). The van der Waals surface area contributed by atoms with Gasteiger partial charge in [0.25, 0.3) is 0 Å². The van der Waals surface area contributed by atoms with E-state index in [0.29, 0.717) is 0 Å². The minimum atomic E-state index is -0.555. The minimum absolute atomic E-state index is 0.258. The van der Waals surface area contributed by atoms with Crippen molar-refractivity contribution in [3.63, 3.8) is 0 Å². The second kappa shape index (κ2) is 7.82. The van der Waals surface area contributed by atoms with Gasteiger partial charge in [0, 0.05) is 26.2 Å². The number of piperazine rings is 1. The van der Waals surface area contributed by atoms with Crippen molar-refractivity contribution in [2.75, 3.05) is 46.3 Å². The van der Waals surface area contributed by atoms with Crippen LogP contribution in [0, 0.1) is 0 Å². The molecule has 19 heavy (non-hydrogen) atoms. The molecule has 0 aromatic heterocycles. The Balaban J connectivity index is 2.16. The normalized spacial score (nSPS) is 21.2. The molecule has 1 heterocycles. The predicted molar refractivity (Wildman–Crippen MR) is 79.1 cm³/mol. The van der Waals surface area contributed by atoms with Crippen molar-refractivity contribution < 1.29 is 4.79 Å². The van der Waals surface area contributed by atoms with Crippen LogP contribution in [-0.4, -0.2) is 67.6 Å². The maximum atomic E-state index is 11.4. The van der Waals surface area contributed by atoms with Crippen molar-refractivity contribution in [3.05, 3.63) is 0 Å². The molecule has 1 aliphatic rings. The molecule has 0 radical (unpaired) electrons. The summed E-state index contributed by atoms with van der Waals surface area (Å²) in [6.45, 7) is 11.1. The SMILES string of the molecule is CCN1CCN(CCCCC(C)(NC)C(N)=O)CC1. The smallest absolute Gasteiger partial charge is 0.237 e. The molecule has 0 aliphatic carbocycles. The van der Waals surface area contributed by atoms with Crippen LogP contribution in [0.4, 0.5) is 0 Å². The van der Waals surface area contributed by atoms with Crippen LogP contribution in [0.25, 0.3) is 0 Å². The van der Waals surface area contributed by atoms with E-state index in [1.54, 1.807) is 7.05 Å². The van der Waals surface area contributed by atoms with E-state index in [9.17, 15) is 4.79 Å². The second-order valence-corrected chi connectivity index (χ2v) is 5.68. The van der Waals surface area contributed by atoms with Gasteiger partial charge in [0.15, 0.2) is 0 Å². The lowest BCUT2D eigenvalue weighted by Gasteiger charge is -2.34. The topological polar surface area (TPSA) is 61.6 Å². The fourth-order valence-corrected chi connectivity index (χ4v) is 2.51. The summed E-state index contributed by atoms with van der Waals surface area (Å²) < 4.78 is 0. The highest BCUT2D eigenvalue weighted by Crippen LogP contribution is 2.13. The first-order chi connectivity index (χ1) is 9.01. The highest BCUT2D eigenvalue weighted by atomic mass is 16.1. The predicted octanol–water partition coefficient (Wildman–Crippen LogP) is 0.258. The molecule has 0 saturated carbocycles. The van der Waals surface area contributed by atoms with Gasteiger partial charge in [-0.3, -0.25) is 4.79 Å². The first kappa shape index (κ1) is 16.4. The molecule has 3 N–H and O–H groups in total. The Morgan fingerprint density at radius 1 is 1.21 bits per heavy atom. The van der Waals surface area contributed by atoms with Crippen LogP contribution < -0.4 is 11.1 Å². The summed E-state index contributed by atoms with van der Waals surface area (Å²) >= 11 is 0. The van der Waals surface area contributed by atoms with E-state index in [1.807, 2.05) is 6.92 Å². The van der Waals surface area contributed by atoms with E-state index in [0.717, 1.165) is 32.4 Å². The van der Waals surface area contributed by atoms with Crippen LogP contribution in [-0.2, 0) is 4.79 Å². The van der Waals surface area contributed by atoms with Crippen LogP contribution in [0.1, 0.15) is 33.1 Å². The Morgan fingerprint density at radius 3 is 2.26 bits per heavy atom. The van der Waals surface area contributed by atoms with E-state index in [-0.39, 0.29) is 5.91 Å². The molecule has 0 bridgehead atoms. The molecule has 1 saturated heterocycles. The number of amides is 1. The number of unbranched alkanes of at least 4 members (excludes halogenated alkanes) is 1. The van der Waals surface area contributed by atoms with Gasteiger partial charge in [-0.1, -0.05) is 6.92 Å². The van der Waals surface area contributed by atoms with Gasteiger partial charge in [-0.2, -0.15) is 0 Å². The zero-order chi connectivity index (χ0) is 14.3. The number of hydrogen-bond acceptors (Lipinski definition) is 4. The van der Waals surface area contributed by atoms with Crippen molar-refractivity contribution in [2.24, 2.45) is 5.73 Å². The van der Waals surface area contributed by atoms with E-state index >= 15 is 0 Å². The third-order valence-electron chi connectivity index (χ3n) is 4.41. The molecular formula is C14H30N4O. The van der Waals surface area contributed by atoms with Gasteiger partial charge in [0.1, 0.15) is 0 Å². The average Bonchev–Trinajstić information content (AvgIpc) is 2.43.